The lowest BCUT2D eigenvalue weighted by Crippen LogP contribution is -2.48. The Balaban J connectivity index is 1.75. The molecule has 0 spiro atoms. The molecule has 1 aliphatic heterocycles. The second-order valence-electron chi connectivity index (χ2n) is 6.45. The minimum atomic E-state index is -3.65. The van der Waals surface area contributed by atoms with Crippen LogP contribution in [0.15, 0.2) is 53.4 Å². The summed E-state index contributed by atoms with van der Waals surface area (Å²) < 4.78 is 37.9. The van der Waals surface area contributed by atoms with Gasteiger partial charge in [-0.15, -0.1) is 0 Å². The number of rotatable bonds is 4. The van der Waals surface area contributed by atoms with E-state index in [4.69, 9.17) is 21.1 Å². The van der Waals surface area contributed by atoms with E-state index in [9.17, 15) is 13.2 Å². The summed E-state index contributed by atoms with van der Waals surface area (Å²) in [6.07, 6.45) is -0.342. The van der Waals surface area contributed by atoms with Gasteiger partial charge < -0.3 is 9.47 Å². The fourth-order valence-corrected chi connectivity index (χ4v) is 4.71. The second kappa shape index (κ2) is 7.98. The van der Waals surface area contributed by atoms with Crippen LogP contribution in [-0.4, -0.2) is 44.0 Å². The number of carbonyl (C=O) groups is 1. The van der Waals surface area contributed by atoms with Gasteiger partial charge in [0.1, 0.15) is 5.75 Å². The second-order valence-corrected chi connectivity index (χ2v) is 8.82. The van der Waals surface area contributed by atoms with Crippen LogP contribution in [0.1, 0.15) is 24.2 Å². The summed E-state index contributed by atoms with van der Waals surface area (Å²) in [5, 5.41) is 0.454. The van der Waals surface area contributed by atoms with E-state index in [1.165, 1.54) is 34.6 Å². The number of carbonyl (C=O) groups excluding carboxylic acids is 1. The Morgan fingerprint density at radius 3 is 2.33 bits per heavy atom. The molecule has 0 N–H and O–H groups in total. The fourth-order valence-electron chi connectivity index (χ4n) is 2.94. The van der Waals surface area contributed by atoms with Crippen molar-refractivity contribution in [1.82, 2.24) is 4.31 Å². The van der Waals surface area contributed by atoms with Crippen LogP contribution in [0.25, 0.3) is 0 Å². The number of sulfonamides is 1. The van der Waals surface area contributed by atoms with E-state index < -0.39 is 16.0 Å². The van der Waals surface area contributed by atoms with Crippen molar-refractivity contribution in [3.8, 4) is 5.75 Å². The molecule has 1 aliphatic rings. The molecule has 0 saturated carbocycles. The molecule has 2 unspecified atom stereocenters. The third kappa shape index (κ3) is 4.68. The quantitative estimate of drug-likeness (QED) is 0.572. The topological polar surface area (TPSA) is 72.9 Å². The Hall–Kier alpha value is -1.93. The van der Waals surface area contributed by atoms with Gasteiger partial charge in [-0.1, -0.05) is 17.7 Å². The molecular formula is C19H20ClNO5S. The highest BCUT2D eigenvalue weighted by Gasteiger charge is 2.32. The van der Waals surface area contributed by atoms with Gasteiger partial charge in [-0.05, 0) is 56.3 Å². The van der Waals surface area contributed by atoms with Gasteiger partial charge in [0.15, 0.2) is 0 Å². The molecule has 27 heavy (non-hydrogen) atoms. The first-order valence-electron chi connectivity index (χ1n) is 8.49. The zero-order valence-electron chi connectivity index (χ0n) is 15.0. The van der Waals surface area contributed by atoms with Gasteiger partial charge in [-0.3, -0.25) is 0 Å². The van der Waals surface area contributed by atoms with Gasteiger partial charge >= 0.3 is 5.97 Å². The van der Waals surface area contributed by atoms with Crippen LogP contribution in [-0.2, 0) is 14.8 Å². The van der Waals surface area contributed by atoms with Gasteiger partial charge in [0.05, 0.1) is 22.7 Å². The lowest BCUT2D eigenvalue weighted by atomic mass is 10.2. The van der Waals surface area contributed by atoms with Crippen molar-refractivity contribution < 1.29 is 22.7 Å². The van der Waals surface area contributed by atoms with Crippen molar-refractivity contribution in [1.29, 1.82) is 0 Å². The lowest BCUT2D eigenvalue weighted by Gasteiger charge is -2.34. The highest BCUT2D eigenvalue weighted by atomic mass is 35.5. The Morgan fingerprint density at radius 1 is 1.11 bits per heavy atom. The average Bonchev–Trinajstić information content (AvgIpc) is 2.61. The molecule has 2 aromatic carbocycles. The largest absolute Gasteiger partial charge is 0.423 e. The molecule has 8 heteroatoms. The number of nitrogens with zero attached hydrogens (tertiary/aromatic N) is 1. The molecule has 0 radical (unpaired) electrons. The molecule has 1 heterocycles. The van der Waals surface area contributed by atoms with Gasteiger partial charge in [0.25, 0.3) is 0 Å². The molecule has 1 saturated heterocycles. The SMILES string of the molecule is CC1CN(S(=O)(=O)c2ccc(C(=O)Oc3cccc(Cl)c3)cc2)CC(C)O1. The molecule has 0 amide bonds. The Labute approximate surface area is 163 Å². The number of benzene rings is 2. The zero-order valence-corrected chi connectivity index (χ0v) is 16.5. The summed E-state index contributed by atoms with van der Waals surface area (Å²) in [7, 11) is -3.65. The minimum absolute atomic E-state index is 0.128. The van der Waals surface area contributed by atoms with E-state index in [0.29, 0.717) is 23.9 Å². The summed E-state index contributed by atoms with van der Waals surface area (Å²) in [6, 6.07) is 12.2. The maximum absolute atomic E-state index is 12.8. The molecule has 2 aromatic rings. The molecule has 0 bridgehead atoms. The van der Waals surface area contributed by atoms with E-state index in [1.807, 2.05) is 13.8 Å². The highest BCUT2D eigenvalue weighted by molar-refractivity contribution is 7.89. The lowest BCUT2D eigenvalue weighted by molar-refractivity contribution is -0.0440. The molecule has 1 fully saturated rings. The molecule has 6 nitrogen and oxygen atoms in total. The summed E-state index contributed by atoms with van der Waals surface area (Å²) in [6.45, 7) is 4.27. The molecular weight excluding hydrogens is 390 g/mol. The van der Waals surface area contributed by atoms with Crippen LogP contribution in [0, 0.1) is 0 Å². The predicted octanol–water partition coefficient (Wildman–Crippen LogP) is 3.36. The monoisotopic (exact) mass is 409 g/mol. The number of esters is 1. The maximum atomic E-state index is 12.8. The Bertz CT molecular complexity index is 919. The first-order chi connectivity index (χ1) is 12.8. The maximum Gasteiger partial charge on any atom is 0.343 e. The number of hydrogen-bond acceptors (Lipinski definition) is 5. The van der Waals surface area contributed by atoms with Crippen molar-refractivity contribution in [2.24, 2.45) is 0 Å². The van der Waals surface area contributed by atoms with Crippen LogP contribution in [0.2, 0.25) is 5.02 Å². The van der Waals surface area contributed by atoms with Crippen LogP contribution in [0.4, 0.5) is 0 Å². The number of hydrogen-bond donors (Lipinski definition) is 0. The van der Waals surface area contributed by atoms with E-state index in [-0.39, 0.29) is 22.7 Å². The first-order valence-corrected chi connectivity index (χ1v) is 10.3. The fraction of sp³-hybridized carbons (Fsp3) is 0.316. The zero-order chi connectivity index (χ0) is 19.6. The van der Waals surface area contributed by atoms with Crippen LogP contribution in [0.3, 0.4) is 0 Å². The normalized spacial score (nSPS) is 21.0. The minimum Gasteiger partial charge on any atom is -0.423 e. The van der Waals surface area contributed by atoms with Gasteiger partial charge in [0.2, 0.25) is 10.0 Å². The summed E-state index contributed by atoms with van der Waals surface area (Å²) >= 11 is 5.87. The third-order valence-corrected chi connectivity index (χ3v) is 6.20. The molecule has 3 rings (SSSR count). The van der Waals surface area contributed by atoms with Gasteiger partial charge in [-0.25, -0.2) is 13.2 Å². The molecule has 144 valence electrons. The van der Waals surface area contributed by atoms with Gasteiger partial charge in [0, 0.05) is 18.1 Å². The van der Waals surface area contributed by atoms with E-state index >= 15 is 0 Å². The predicted molar refractivity (Wildman–Crippen MR) is 102 cm³/mol. The van der Waals surface area contributed by atoms with Crippen LogP contribution >= 0.6 is 11.6 Å². The van der Waals surface area contributed by atoms with Gasteiger partial charge in [-0.2, -0.15) is 4.31 Å². The average molecular weight is 410 g/mol. The van der Waals surface area contributed by atoms with Crippen molar-refractivity contribution in [2.75, 3.05) is 13.1 Å². The molecule has 2 atom stereocenters. The summed E-state index contributed by atoms with van der Waals surface area (Å²) in [4.78, 5) is 12.4. The smallest absolute Gasteiger partial charge is 0.343 e. The van der Waals surface area contributed by atoms with E-state index in [2.05, 4.69) is 0 Å². The number of ether oxygens (including phenoxy) is 2. The Kier molecular flexibility index (Phi) is 5.86. The summed E-state index contributed by atoms with van der Waals surface area (Å²) in [5.41, 5.74) is 0.248. The van der Waals surface area contributed by atoms with Crippen molar-refractivity contribution in [3.05, 3.63) is 59.1 Å². The molecule has 0 aliphatic carbocycles. The number of morpholine rings is 1. The van der Waals surface area contributed by atoms with E-state index in [1.54, 1.807) is 18.2 Å². The third-order valence-electron chi connectivity index (χ3n) is 4.12. The summed E-state index contributed by atoms with van der Waals surface area (Å²) in [5.74, 6) is -0.268. The van der Waals surface area contributed by atoms with Crippen LogP contribution < -0.4 is 4.74 Å². The van der Waals surface area contributed by atoms with Crippen molar-refractivity contribution in [2.45, 2.75) is 31.0 Å². The Morgan fingerprint density at radius 2 is 1.74 bits per heavy atom. The highest BCUT2D eigenvalue weighted by Crippen LogP contribution is 2.22. The van der Waals surface area contributed by atoms with Crippen molar-refractivity contribution >= 4 is 27.6 Å². The van der Waals surface area contributed by atoms with E-state index in [0.717, 1.165) is 0 Å². The van der Waals surface area contributed by atoms with Crippen molar-refractivity contribution in [3.63, 3.8) is 0 Å². The first kappa shape index (κ1) is 19.8. The standard InChI is InChI=1S/C19H20ClNO5S/c1-13-11-21(12-14(2)25-13)27(23,24)18-8-6-15(7-9-18)19(22)26-17-5-3-4-16(20)10-17/h3-10,13-14H,11-12H2,1-2H3. The number of halogens is 1. The van der Waals surface area contributed by atoms with Crippen LogP contribution in [0.5, 0.6) is 5.75 Å². The molecule has 0 aromatic heterocycles.